The van der Waals surface area contributed by atoms with Gasteiger partial charge in [-0.05, 0) is 63.8 Å². The summed E-state index contributed by atoms with van der Waals surface area (Å²) < 4.78 is 0. The fourth-order valence-electron chi connectivity index (χ4n) is 4.51. The third kappa shape index (κ3) is 7.30. The summed E-state index contributed by atoms with van der Waals surface area (Å²) in [6.07, 6.45) is 29.0. The van der Waals surface area contributed by atoms with Crippen molar-refractivity contribution in [1.29, 1.82) is 0 Å². The molecule has 0 bridgehead atoms. The second-order valence-electron chi connectivity index (χ2n) is 8.28. The molecule has 3 rings (SSSR count). The van der Waals surface area contributed by atoms with Gasteiger partial charge >= 0.3 is 0 Å². The maximum absolute atomic E-state index is 10.2. The Morgan fingerprint density at radius 2 is 2.06 bits per heavy atom. The molecule has 2 aliphatic carbocycles. The summed E-state index contributed by atoms with van der Waals surface area (Å²) >= 11 is 0. The van der Waals surface area contributed by atoms with Gasteiger partial charge in [0.05, 0.1) is 25.2 Å². The lowest BCUT2D eigenvalue weighted by atomic mass is 9.73. The van der Waals surface area contributed by atoms with E-state index in [9.17, 15) is 5.11 Å². The molecule has 182 valence electrons. The summed E-state index contributed by atoms with van der Waals surface area (Å²) in [4.78, 5) is 4.86. The fraction of sp³-hybridized carbons (Fsp3) is 0.414. The van der Waals surface area contributed by atoms with Gasteiger partial charge in [-0.3, -0.25) is 10.4 Å². The molecule has 1 heterocycles. The third-order valence-corrected chi connectivity index (χ3v) is 5.99. The van der Waals surface area contributed by atoms with Crippen molar-refractivity contribution in [2.75, 3.05) is 20.2 Å². The lowest BCUT2D eigenvalue weighted by molar-refractivity contribution is 0.317. The molecule has 1 saturated heterocycles. The second-order valence-corrected chi connectivity index (χ2v) is 8.28. The van der Waals surface area contributed by atoms with Gasteiger partial charge < -0.3 is 10.4 Å². The first-order chi connectivity index (χ1) is 16.6. The molecule has 0 aromatic rings. The summed E-state index contributed by atoms with van der Waals surface area (Å²) in [6, 6.07) is 0.0297. The first kappa shape index (κ1) is 27.3. The SMILES string of the molecule is C#CC.CC=CCN=C(C)C1NC2=CCC=CC(CO)=C2C(NNC)C1C1=C/CC/C=C/C=C\1. The number of nitrogens with zero attached hydrogens (tertiary/aromatic N) is 1. The zero-order valence-corrected chi connectivity index (χ0v) is 21.0. The van der Waals surface area contributed by atoms with Crippen LogP contribution < -0.4 is 16.2 Å². The molecule has 0 saturated carbocycles. The number of nitrogens with one attached hydrogen (secondary N) is 3. The number of aliphatic hydroxyl groups is 1. The molecule has 0 aromatic carbocycles. The molecule has 0 amide bonds. The van der Waals surface area contributed by atoms with Crippen LogP contribution in [0.25, 0.3) is 0 Å². The topological polar surface area (TPSA) is 68.7 Å². The van der Waals surface area contributed by atoms with Crippen LogP contribution in [0.5, 0.6) is 0 Å². The van der Waals surface area contributed by atoms with Crippen LogP contribution in [-0.4, -0.2) is 43.1 Å². The van der Waals surface area contributed by atoms with Crippen molar-refractivity contribution in [1.82, 2.24) is 16.2 Å². The first-order valence-electron chi connectivity index (χ1n) is 12.0. The number of hydrogen-bond acceptors (Lipinski definition) is 5. The standard InChI is InChI=1S/C26H36N4O.C3H4/c1-4-5-17-28-19(2)25-24(20-13-9-7-6-8-10-14-20)26(30-27-3)23-21(18-31)15-11-12-16-22(23)29-25;1-3-2/h4-7,9,11,13-16,24-27,29-31H,8,10,12,17-18H2,1-3H3;1H,2H3/b5-4?,7-6+,13-9-,20-14+,28-19?;. The highest BCUT2D eigenvalue weighted by Gasteiger charge is 2.42. The smallest absolute Gasteiger partial charge is 0.0726 e. The molecular weight excluding hydrogens is 420 g/mol. The Morgan fingerprint density at radius 3 is 2.76 bits per heavy atom. The third-order valence-electron chi connectivity index (χ3n) is 5.99. The van der Waals surface area contributed by atoms with E-state index in [-0.39, 0.29) is 24.6 Å². The van der Waals surface area contributed by atoms with Crippen LogP contribution in [0.3, 0.4) is 0 Å². The van der Waals surface area contributed by atoms with Crippen LogP contribution in [0.2, 0.25) is 0 Å². The molecule has 1 aliphatic heterocycles. The second kappa shape index (κ2) is 15.1. The lowest BCUT2D eigenvalue weighted by Crippen LogP contribution is -2.59. The number of allylic oxidation sites excluding steroid dienone is 8. The van der Waals surface area contributed by atoms with Crippen molar-refractivity contribution in [3.8, 4) is 12.3 Å². The molecule has 1 fully saturated rings. The Hall–Kier alpha value is -2.91. The number of hydrazine groups is 1. The van der Waals surface area contributed by atoms with Gasteiger partial charge in [0, 0.05) is 17.3 Å². The molecule has 5 nitrogen and oxygen atoms in total. The maximum atomic E-state index is 10.2. The van der Waals surface area contributed by atoms with Gasteiger partial charge in [-0.25, -0.2) is 5.43 Å². The van der Waals surface area contributed by atoms with Crippen molar-refractivity contribution in [2.24, 2.45) is 10.9 Å². The molecular formula is C29H40N4O. The first-order valence-corrected chi connectivity index (χ1v) is 12.0. The summed E-state index contributed by atoms with van der Waals surface area (Å²) in [5.74, 6) is 2.37. The minimum absolute atomic E-state index is 0.0100. The summed E-state index contributed by atoms with van der Waals surface area (Å²) in [5.41, 5.74) is 12.2. The van der Waals surface area contributed by atoms with Gasteiger partial charge in [0.25, 0.3) is 0 Å². The Bertz CT molecular complexity index is 953. The number of terminal acetylenes is 1. The molecule has 3 unspecified atom stereocenters. The van der Waals surface area contributed by atoms with Crippen molar-refractivity contribution >= 4 is 5.71 Å². The van der Waals surface area contributed by atoms with E-state index in [0.717, 1.165) is 41.8 Å². The van der Waals surface area contributed by atoms with Gasteiger partial charge in [-0.1, -0.05) is 60.8 Å². The van der Waals surface area contributed by atoms with Gasteiger partial charge in [-0.2, -0.15) is 0 Å². The molecule has 3 atom stereocenters. The van der Waals surface area contributed by atoms with Crippen LogP contribution in [0, 0.1) is 18.3 Å². The van der Waals surface area contributed by atoms with Crippen LogP contribution in [0.15, 0.2) is 88.2 Å². The highest BCUT2D eigenvalue weighted by molar-refractivity contribution is 5.89. The van der Waals surface area contributed by atoms with E-state index in [4.69, 9.17) is 4.99 Å². The molecule has 3 aliphatic rings. The van der Waals surface area contributed by atoms with Gasteiger partial charge in [0.15, 0.2) is 0 Å². The van der Waals surface area contributed by atoms with Gasteiger partial charge in [0.2, 0.25) is 0 Å². The van der Waals surface area contributed by atoms with E-state index in [1.165, 1.54) is 5.57 Å². The predicted octanol–water partition coefficient (Wildman–Crippen LogP) is 4.31. The Labute approximate surface area is 205 Å². The predicted molar refractivity (Wildman–Crippen MR) is 145 cm³/mol. The van der Waals surface area contributed by atoms with Crippen molar-refractivity contribution in [2.45, 2.75) is 52.1 Å². The summed E-state index contributed by atoms with van der Waals surface area (Å²) in [5, 5.41) is 14.0. The lowest BCUT2D eigenvalue weighted by Gasteiger charge is -2.44. The largest absolute Gasteiger partial charge is 0.392 e. The summed E-state index contributed by atoms with van der Waals surface area (Å²) in [7, 11) is 1.90. The monoisotopic (exact) mass is 460 g/mol. The molecule has 0 spiro atoms. The van der Waals surface area contributed by atoms with Crippen LogP contribution in [0.4, 0.5) is 0 Å². The molecule has 5 heteroatoms. The van der Waals surface area contributed by atoms with Crippen LogP contribution in [-0.2, 0) is 0 Å². The van der Waals surface area contributed by atoms with Gasteiger partial charge in [0.1, 0.15) is 0 Å². The van der Waals surface area contributed by atoms with E-state index in [0.29, 0.717) is 6.54 Å². The number of aliphatic imine (C=N–C) groups is 1. The van der Waals surface area contributed by atoms with Gasteiger partial charge in [-0.15, -0.1) is 12.3 Å². The highest BCUT2D eigenvalue weighted by Crippen LogP contribution is 2.37. The zero-order valence-electron chi connectivity index (χ0n) is 21.0. The minimum Gasteiger partial charge on any atom is -0.392 e. The Kier molecular flexibility index (Phi) is 12.1. The zero-order chi connectivity index (χ0) is 24.8. The average molecular weight is 461 g/mol. The Balaban J connectivity index is 0.00000129. The average Bonchev–Trinajstić information content (AvgIpc) is 3.02. The number of rotatable bonds is 7. The van der Waals surface area contributed by atoms with E-state index in [1.807, 2.05) is 20.0 Å². The number of aliphatic hydroxyl groups excluding tert-OH is 1. The maximum Gasteiger partial charge on any atom is 0.0726 e. The summed E-state index contributed by atoms with van der Waals surface area (Å²) in [6.45, 7) is 6.49. The highest BCUT2D eigenvalue weighted by atomic mass is 16.3. The van der Waals surface area contributed by atoms with Crippen molar-refractivity contribution in [3.05, 3.63) is 83.2 Å². The molecule has 0 radical (unpaired) electrons. The van der Waals surface area contributed by atoms with Crippen LogP contribution in [0.1, 0.15) is 40.0 Å². The number of fused-ring (bicyclic) bond motifs is 1. The fourth-order valence-corrected chi connectivity index (χ4v) is 4.51. The molecule has 0 aromatic heterocycles. The van der Waals surface area contributed by atoms with Crippen molar-refractivity contribution < 1.29 is 5.11 Å². The minimum atomic E-state index is -0.0152. The van der Waals surface area contributed by atoms with E-state index in [1.54, 1.807) is 6.92 Å². The number of hydrogen-bond donors (Lipinski definition) is 4. The Morgan fingerprint density at radius 1 is 1.26 bits per heavy atom. The number of piperidine rings is 1. The van der Waals surface area contributed by atoms with E-state index in [2.05, 4.69) is 90.1 Å². The molecule has 4 N–H and O–H groups in total. The van der Waals surface area contributed by atoms with E-state index >= 15 is 0 Å². The quantitative estimate of drug-likeness (QED) is 0.198. The molecule has 34 heavy (non-hydrogen) atoms. The van der Waals surface area contributed by atoms with E-state index < -0.39 is 0 Å². The van der Waals surface area contributed by atoms with Crippen LogP contribution >= 0.6 is 0 Å². The normalized spacial score (nSPS) is 28.0. The van der Waals surface area contributed by atoms with Crippen molar-refractivity contribution in [3.63, 3.8) is 0 Å².